The van der Waals surface area contributed by atoms with Crippen molar-refractivity contribution >= 4 is 17.3 Å². The van der Waals surface area contributed by atoms with Gasteiger partial charge in [-0.3, -0.25) is 9.56 Å². The van der Waals surface area contributed by atoms with E-state index in [0.717, 1.165) is 18.7 Å². The van der Waals surface area contributed by atoms with Crippen LogP contribution < -0.4 is 4.74 Å². The Morgan fingerprint density at radius 2 is 1.82 bits per heavy atom. The molecule has 2 aliphatic rings. The second-order valence-corrected chi connectivity index (χ2v) is 7.20. The van der Waals surface area contributed by atoms with Crippen LogP contribution in [-0.4, -0.2) is 27.6 Å². The molecule has 5 rings (SSSR count). The fourth-order valence-electron chi connectivity index (χ4n) is 3.57. The third-order valence-corrected chi connectivity index (χ3v) is 5.43. The zero-order valence-electron chi connectivity index (χ0n) is 14.9. The average molecular weight is 401 g/mol. The van der Waals surface area contributed by atoms with Gasteiger partial charge in [0.15, 0.2) is 5.82 Å². The molecular weight excluding hydrogens is 386 g/mol. The van der Waals surface area contributed by atoms with E-state index >= 15 is 0 Å². The molecule has 8 heteroatoms. The lowest BCUT2D eigenvalue weighted by atomic mass is 9.98. The number of halogens is 3. The predicted molar refractivity (Wildman–Crippen MR) is 101 cm³/mol. The molecule has 0 unspecified atom stereocenters. The van der Waals surface area contributed by atoms with Gasteiger partial charge < -0.3 is 4.74 Å². The minimum atomic E-state index is -0.705. The van der Waals surface area contributed by atoms with Crippen molar-refractivity contribution in [1.82, 2.24) is 14.8 Å². The third kappa shape index (κ3) is 2.53. The molecule has 1 aliphatic carbocycles. The standard InChI is InChI=1S/C20H15ClF2N4O/c1-28-14-8-7-13-17(18(14)21)19(16-11(22)3-2-4-12(16)23)24-9-15-25-26-20(27(13)15)10-5-6-10/h2-4,7-8,10H,5-6,9H2,1H3. The molecule has 0 bridgehead atoms. The van der Waals surface area contributed by atoms with Crippen LogP contribution in [0.5, 0.6) is 5.75 Å². The average Bonchev–Trinajstić information content (AvgIpc) is 3.46. The van der Waals surface area contributed by atoms with Crippen molar-refractivity contribution in [2.24, 2.45) is 4.99 Å². The lowest BCUT2D eigenvalue weighted by Crippen LogP contribution is -2.13. The topological polar surface area (TPSA) is 52.3 Å². The summed E-state index contributed by atoms with van der Waals surface area (Å²) in [4.78, 5) is 4.50. The van der Waals surface area contributed by atoms with E-state index in [0.29, 0.717) is 28.7 Å². The fourth-order valence-corrected chi connectivity index (χ4v) is 3.90. The maximum atomic E-state index is 14.6. The molecule has 3 aromatic rings. The lowest BCUT2D eigenvalue weighted by Gasteiger charge is -2.17. The second kappa shape index (κ2) is 6.38. The van der Waals surface area contributed by atoms with Crippen LogP contribution in [0.3, 0.4) is 0 Å². The Morgan fingerprint density at radius 3 is 2.50 bits per heavy atom. The minimum Gasteiger partial charge on any atom is -0.495 e. The minimum absolute atomic E-state index is 0.135. The van der Waals surface area contributed by atoms with E-state index < -0.39 is 11.6 Å². The van der Waals surface area contributed by atoms with Crippen molar-refractivity contribution in [3.63, 3.8) is 0 Å². The second-order valence-electron chi connectivity index (χ2n) is 6.82. The highest BCUT2D eigenvalue weighted by molar-refractivity contribution is 6.37. The van der Waals surface area contributed by atoms with E-state index in [1.54, 1.807) is 12.1 Å². The highest BCUT2D eigenvalue weighted by atomic mass is 35.5. The van der Waals surface area contributed by atoms with E-state index in [2.05, 4.69) is 15.2 Å². The summed E-state index contributed by atoms with van der Waals surface area (Å²) in [6.45, 7) is 0.135. The zero-order chi connectivity index (χ0) is 19.4. The molecule has 2 heterocycles. The molecule has 0 saturated heterocycles. The van der Waals surface area contributed by atoms with Gasteiger partial charge in [0.2, 0.25) is 0 Å². The van der Waals surface area contributed by atoms with Crippen molar-refractivity contribution in [1.29, 1.82) is 0 Å². The molecule has 5 nitrogen and oxygen atoms in total. The van der Waals surface area contributed by atoms with Crippen LogP contribution >= 0.6 is 11.6 Å². The van der Waals surface area contributed by atoms with E-state index in [9.17, 15) is 8.78 Å². The zero-order valence-corrected chi connectivity index (χ0v) is 15.7. The van der Waals surface area contributed by atoms with Crippen molar-refractivity contribution in [2.75, 3.05) is 7.11 Å². The Morgan fingerprint density at radius 1 is 1.07 bits per heavy atom. The van der Waals surface area contributed by atoms with Gasteiger partial charge >= 0.3 is 0 Å². The number of ether oxygens (including phenoxy) is 1. The van der Waals surface area contributed by atoms with Gasteiger partial charge in [0.1, 0.15) is 29.8 Å². The quantitative estimate of drug-likeness (QED) is 0.653. The summed E-state index contributed by atoms with van der Waals surface area (Å²) in [6, 6.07) is 7.25. The smallest absolute Gasteiger partial charge is 0.159 e. The van der Waals surface area contributed by atoms with Crippen LogP contribution in [0.1, 0.15) is 41.5 Å². The van der Waals surface area contributed by atoms with Crippen LogP contribution in [-0.2, 0) is 6.54 Å². The number of nitrogens with zero attached hydrogens (tertiary/aromatic N) is 4. The molecule has 0 atom stereocenters. The van der Waals surface area contributed by atoms with Crippen LogP contribution in [0.2, 0.25) is 5.02 Å². The van der Waals surface area contributed by atoms with Crippen molar-refractivity contribution in [2.45, 2.75) is 25.3 Å². The maximum Gasteiger partial charge on any atom is 0.159 e. The van der Waals surface area contributed by atoms with Gasteiger partial charge in [-0.25, -0.2) is 8.78 Å². The first-order valence-electron chi connectivity index (χ1n) is 8.90. The summed E-state index contributed by atoms with van der Waals surface area (Å²) in [5.41, 5.74) is 0.976. The monoisotopic (exact) mass is 400 g/mol. The molecule has 0 N–H and O–H groups in total. The van der Waals surface area contributed by atoms with E-state index in [1.165, 1.54) is 25.3 Å². The Labute approximate surface area is 164 Å². The molecule has 0 amide bonds. The Hall–Kier alpha value is -2.80. The molecule has 142 valence electrons. The van der Waals surface area contributed by atoms with Gasteiger partial charge in [0.25, 0.3) is 0 Å². The van der Waals surface area contributed by atoms with Gasteiger partial charge in [-0.05, 0) is 37.1 Å². The van der Waals surface area contributed by atoms with Crippen LogP contribution in [0.25, 0.3) is 5.69 Å². The summed E-state index contributed by atoms with van der Waals surface area (Å²) in [5.74, 6) is 0.738. The maximum absolute atomic E-state index is 14.6. The number of aromatic nitrogens is 3. The first-order valence-corrected chi connectivity index (χ1v) is 9.28. The van der Waals surface area contributed by atoms with Crippen LogP contribution in [0.4, 0.5) is 8.78 Å². The first kappa shape index (κ1) is 17.3. The van der Waals surface area contributed by atoms with Gasteiger partial charge in [-0.2, -0.15) is 0 Å². The van der Waals surface area contributed by atoms with Crippen LogP contribution in [0, 0.1) is 11.6 Å². The Kier molecular flexibility index (Phi) is 3.94. The molecule has 28 heavy (non-hydrogen) atoms. The number of fused-ring (bicyclic) bond motifs is 3. The number of methoxy groups -OCH3 is 1. The SMILES string of the molecule is COc1ccc2c(c1Cl)C(c1c(F)cccc1F)=NCc1nnc(C3CC3)n1-2. The summed E-state index contributed by atoms with van der Waals surface area (Å²) >= 11 is 6.62. The van der Waals surface area contributed by atoms with Crippen molar-refractivity contribution < 1.29 is 13.5 Å². The summed E-state index contributed by atoms with van der Waals surface area (Å²) < 4.78 is 36.5. The van der Waals surface area contributed by atoms with Gasteiger partial charge in [-0.1, -0.05) is 17.7 Å². The fraction of sp³-hybridized carbons (Fsp3) is 0.250. The summed E-state index contributed by atoms with van der Waals surface area (Å²) in [6.07, 6.45) is 2.07. The van der Waals surface area contributed by atoms with Gasteiger partial charge in [0, 0.05) is 11.5 Å². The summed E-state index contributed by atoms with van der Waals surface area (Å²) in [7, 11) is 1.49. The molecule has 0 radical (unpaired) electrons. The number of aliphatic imine (C=N–C) groups is 1. The van der Waals surface area contributed by atoms with Gasteiger partial charge in [-0.15, -0.1) is 10.2 Å². The largest absolute Gasteiger partial charge is 0.495 e. The van der Waals surface area contributed by atoms with Gasteiger partial charge in [0.05, 0.1) is 29.1 Å². The van der Waals surface area contributed by atoms with Crippen molar-refractivity contribution in [3.05, 3.63) is 69.8 Å². The normalized spacial score (nSPS) is 15.5. The summed E-state index contributed by atoms with van der Waals surface area (Å²) in [5, 5.41) is 8.83. The first-order chi connectivity index (χ1) is 13.6. The number of hydrogen-bond donors (Lipinski definition) is 0. The number of rotatable bonds is 3. The van der Waals surface area contributed by atoms with Crippen molar-refractivity contribution in [3.8, 4) is 11.4 Å². The molecule has 2 aromatic carbocycles. The third-order valence-electron chi connectivity index (χ3n) is 5.06. The molecule has 1 fully saturated rings. The van der Waals surface area contributed by atoms with Crippen LogP contribution in [0.15, 0.2) is 35.3 Å². The number of benzene rings is 2. The predicted octanol–water partition coefficient (Wildman–Crippen LogP) is 4.44. The van der Waals surface area contributed by atoms with E-state index in [4.69, 9.17) is 16.3 Å². The van der Waals surface area contributed by atoms with E-state index in [1.807, 2.05) is 4.57 Å². The molecule has 1 saturated carbocycles. The molecule has 1 aliphatic heterocycles. The number of hydrogen-bond acceptors (Lipinski definition) is 4. The van der Waals surface area contributed by atoms with E-state index in [-0.39, 0.29) is 22.8 Å². The molecular formula is C20H15ClF2N4O. The molecule has 0 spiro atoms. The lowest BCUT2D eigenvalue weighted by molar-refractivity contribution is 0.415. The Bertz CT molecular complexity index is 1120. The highest BCUT2D eigenvalue weighted by Gasteiger charge is 2.34. The Balaban J connectivity index is 1.83. The molecule has 1 aromatic heterocycles. The highest BCUT2D eigenvalue weighted by Crippen LogP contribution is 2.43.